The summed E-state index contributed by atoms with van der Waals surface area (Å²) in [5, 5.41) is 0. The topological polar surface area (TPSA) is 0 Å². The third-order valence-electron chi connectivity index (χ3n) is 2.50. The number of allylic oxidation sites excluding steroid dienone is 2. The van der Waals surface area contributed by atoms with E-state index in [2.05, 4.69) is 62.4 Å². The smallest absolute Gasteiger partial charge is 0.0187 e. The Morgan fingerprint density at radius 3 is 1.62 bits per heavy atom. The SMILES string of the molecule is CCC/C=C/c1ccccc1/C=C/CCC. The van der Waals surface area contributed by atoms with Gasteiger partial charge in [-0.3, -0.25) is 0 Å². The fourth-order valence-electron chi connectivity index (χ4n) is 1.57. The molecule has 1 aromatic carbocycles. The van der Waals surface area contributed by atoms with E-state index < -0.39 is 0 Å². The zero-order valence-corrected chi connectivity index (χ0v) is 10.4. The van der Waals surface area contributed by atoms with Crippen LogP contribution in [0.2, 0.25) is 0 Å². The van der Waals surface area contributed by atoms with Gasteiger partial charge in [0.15, 0.2) is 0 Å². The average molecular weight is 214 g/mol. The van der Waals surface area contributed by atoms with E-state index in [1.54, 1.807) is 0 Å². The number of hydrogen-bond donors (Lipinski definition) is 0. The van der Waals surface area contributed by atoms with Crippen LogP contribution in [-0.4, -0.2) is 0 Å². The Kier molecular flexibility index (Phi) is 6.32. The van der Waals surface area contributed by atoms with E-state index in [0.29, 0.717) is 0 Å². The summed E-state index contributed by atoms with van der Waals surface area (Å²) in [7, 11) is 0. The average Bonchev–Trinajstić information content (AvgIpc) is 2.32. The van der Waals surface area contributed by atoms with Crippen LogP contribution in [0.4, 0.5) is 0 Å². The zero-order valence-electron chi connectivity index (χ0n) is 10.4. The molecule has 0 aliphatic rings. The molecule has 0 atom stereocenters. The lowest BCUT2D eigenvalue weighted by Gasteiger charge is -2.00. The van der Waals surface area contributed by atoms with Crippen LogP contribution < -0.4 is 0 Å². The van der Waals surface area contributed by atoms with Gasteiger partial charge in [-0.25, -0.2) is 0 Å². The van der Waals surface area contributed by atoms with Crippen molar-refractivity contribution in [1.82, 2.24) is 0 Å². The van der Waals surface area contributed by atoms with E-state index in [4.69, 9.17) is 0 Å². The number of benzene rings is 1. The predicted octanol–water partition coefficient (Wildman–Crippen LogP) is 5.31. The maximum absolute atomic E-state index is 2.26. The minimum atomic E-state index is 1.16. The fourth-order valence-corrected chi connectivity index (χ4v) is 1.57. The molecule has 86 valence electrons. The highest BCUT2D eigenvalue weighted by atomic mass is 14.0. The van der Waals surface area contributed by atoms with E-state index in [0.717, 1.165) is 12.8 Å². The van der Waals surface area contributed by atoms with Gasteiger partial charge in [-0.1, -0.05) is 75.3 Å². The second kappa shape index (κ2) is 7.92. The van der Waals surface area contributed by atoms with Crippen LogP contribution in [-0.2, 0) is 0 Å². The Morgan fingerprint density at radius 2 is 1.25 bits per heavy atom. The molecule has 0 aromatic heterocycles. The summed E-state index contributed by atoms with van der Waals surface area (Å²) in [6.07, 6.45) is 13.7. The van der Waals surface area contributed by atoms with Crippen molar-refractivity contribution in [3.8, 4) is 0 Å². The molecule has 0 bridgehead atoms. The van der Waals surface area contributed by atoms with Crippen molar-refractivity contribution < 1.29 is 0 Å². The molecule has 1 aromatic rings. The van der Waals surface area contributed by atoms with Crippen LogP contribution >= 0.6 is 0 Å². The van der Waals surface area contributed by atoms with Crippen LogP contribution in [0.1, 0.15) is 50.7 Å². The van der Waals surface area contributed by atoms with Gasteiger partial charge in [0.05, 0.1) is 0 Å². The molecule has 0 amide bonds. The first-order valence-electron chi connectivity index (χ1n) is 6.30. The normalized spacial score (nSPS) is 11.6. The van der Waals surface area contributed by atoms with E-state index in [1.807, 2.05) is 0 Å². The minimum absolute atomic E-state index is 1.16. The molecule has 0 saturated carbocycles. The molecule has 16 heavy (non-hydrogen) atoms. The highest BCUT2D eigenvalue weighted by Crippen LogP contribution is 2.13. The molecule has 0 aliphatic heterocycles. The predicted molar refractivity (Wildman–Crippen MR) is 74.3 cm³/mol. The molecule has 0 saturated heterocycles. The lowest BCUT2D eigenvalue weighted by atomic mass is 10.1. The lowest BCUT2D eigenvalue weighted by Crippen LogP contribution is -1.79. The number of hydrogen-bond acceptors (Lipinski definition) is 0. The van der Waals surface area contributed by atoms with Gasteiger partial charge in [0, 0.05) is 0 Å². The van der Waals surface area contributed by atoms with Crippen LogP contribution in [0.25, 0.3) is 12.2 Å². The van der Waals surface area contributed by atoms with Gasteiger partial charge in [-0.15, -0.1) is 0 Å². The lowest BCUT2D eigenvalue weighted by molar-refractivity contribution is 0.961. The van der Waals surface area contributed by atoms with Gasteiger partial charge in [-0.2, -0.15) is 0 Å². The van der Waals surface area contributed by atoms with Crippen LogP contribution in [0.5, 0.6) is 0 Å². The molecule has 0 radical (unpaired) electrons. The fraction of sp³-hybridized carbons (Fsp3) is 0.375. The maximum Gasteiger partial charge on any atom is -0.0187 e. The summed E-state index contributed by atoms with van der Waals surface area (Å²) in [4.78, 5) is 0. The standard InChI is InChI=1S/C16H22/c1-3-5-7-11-15-13-9-10-14-16(15)12-8-6-4-2/h7-14H,3-6H2,1-2H3/b11-7+,12-8+. The molecular weight excluding hydrogens is 192 g/mol. The Morgan fingerprint density at radius 1 is 0.812 bits per heavy atom. The van der Waals surface area contributed by atoms with Crippen molar-refractivity contribution >= 4 is 12.2 Å². The van der Waals surface area contributed by atoms with Crippen molar-refractivity contribution in [3.05, 3.63) is 47.5 Å². The van der Waals surface area contributed by atoms with Crippen molar-refractivity contribution in [3.63, 3.8) is 0 Å². The first-order valence-corrected chi connectivity index (χ1v) is 6.30. The van der Waals surface area contributed by atoms with Crippen molar-refractivity contribution in [2.75, 3.05) is 0 Å². The van der Waals surface area contributed by atoms with Crippen LogP contribution in [0.3, 0.4) is 0 Å². The van der Waals surface area contributed by atoms with Crippen LogP contribution in [0.15, 0.2) is 36.4 Å². The van der Waals surface area contributed by atoms with E-state index in [-0.39, 0.29) is 0 Å². The molecule has 0 spiro atoms. The number of rotatable bonds is 6. The van der Waals surface area contributed by atoms with Crippen molar-refractivity contribution in [2.24, 2.45) is 0 Å². The van der Waals surface area contributed by atoms with Gasteiger partial charge in [0.1, 0.15) is 0 Å². The molecule has 0 heterocycles. The Balaban J connectivity index is 2.75. The third-order valence-corrected chi connectivity index (χ3v) is 2.50. The Hall–Kier alpha value is -1.30. The first-order chi connectivity index (χ1) is 7.88. The summed E-state index contributed by atoms with van der Waals surface area (Å²) in [5.41, 5.74) is 2.65. The van der Waals surface area contributed by atoms with Crippen LogP contribution in [0, 0.1) is 0 Å². The first kappa shape index (κ1) is 12.8. The molecular formula is C16H22. The molecule has 0 aliphatic carbocycles. The maximum atomic E-state index is 2.26. The second-order valence-electron chi connectivity index (χ2n) is 4.01. The minimum Gasteiger partial charge on any atom is -0.0839 e. The van der Waals surface area contributed by atoms with Gasteiger partial charge < -0.3 is 0 Å². The Labute approximate surface area is 99.7 Å². The van der Waals surface area contributed by atoms with Crippen molar-refractivity contribution in [1.29, 1.82) is 0 Å². The van der Waals surface area contributed by atoms with E-state index >= 15 is 0 Å². The third kappa shape index (κ3) is 4.48. The molecule has 1 rings (SSSR count). The summed E-state index contributed by atoms with van der Waals surface area (Å²) in [5.74, 6) is 0. The largest absolute Gasteiger partial charge is 0.0839 e. The highest BCUT2D eigenvalue weighted by Gasteiger charge is 1.92. The summed E-state index contributed by atoms with van der Waals surface area (Å²) >= 11 is 0. The van der Waals surface area contributed by atoms with E-state index in [9.17, 15) is 0 Å². The monoisotopic (exact) mass is 214 g/mol. The molecule has 0 N–H and O–H groups in total. The molecule has 0 fully saturated rings. The second-order valence-corrected chi connectivity index (χ2v) is 4.01. The summed E-state index contributed by atoms with van der Waals surface area (Å²) < 4.78 is 0. The summed E-state index contributed by atoms with van der Waals surface area (Å²) in [6, 6.07) is 8.56. The van der Waals surface area contributed by atoms with Gasteiger partial charge >= 0.3 is 0 Å². The quantitative estimate of drug-likeness (QED) is 0.601. The summed E-state index contributed by atoms with van der Waals surface area (Å²) in [6.45, 7) is 4.41. The Bertz CT molecular complexity index is 310. The van der Waals surface area contributed by atoms with Gasteiger partial charge in [-0.05, 0) is 24.0 Å². The van der Waals surface area contributed by atoms with Crippen molar-refractivity contribution in [2.45, 2.75) is 39.5 Å². The number of unbranched alkanes of at least 4 members (excludes halogenated alkanes) is 2. The van der Waals surface area contributed by atoms with E-state index in [1.165, 1.54) is 24.0 Å². The molecule has 0 unspecified atom stereocenters. The van der Waals surface area contributed by atoms with Gasteiger partial charge in [0.2, 0.25) is 0 Å². The highest BCUT2D eigenvalue weighted by molar-refractivity contribution is 5.65. The molecule has 0 nitrogen and oxygen atoms in total. The zero-order chi connectivity index (χ0) is 11.6. The van der Waals surface area contributed by atoms with Gasteiger partial charge in [0.25, 0.3) is 0 Å². The molecule has 0 heteroatoms.